The van der Waals surface area contributed by atoms with Gasteiger partial charge in [-0.25, -0.2) is 4.98 Å². The number of rotatable bonds is 2. The second-order valence-electron chi connectivity index (χ2n) is 5.10. The van der Waals surface area contributed by atoms with Crippen molar-refractivity contribution in [2.45, 2.75) is 20.2 Å². The van der Waals surface area contributed by atoms with Gasteiger partial charge in [0.2, 0.25) is 0 Å². The molecule has 4 heteroatoms. The van der Waals surface area contributed by atoms with E-state index in [-0.39, 0.29) is 0 Å². The SMILES string of the molecule is BCc1cc(-c2cccc(Cl)c2)c2nc(C)c(C)n2c1. The zero-order valence-electron chi connectivity index (χ0n) is 11.9. The smallest absolute Gasteiger partial charge is 0.145 e. The molecule has 0 aliphatic heterocycles. The van der Waals surface area contributed by atoms with Crippen molar-refractivity contribution in [1.82, 2.24) is 9.38 Å². The first-order valence-electron chi connectivity index (χ1n) is 6.84. The highest BCUT2D eigenvalue weighted by Crippen LogP contribution is 2.29. The van der Waals surface area contributed by atoms with Crippen molar-refractivity contribution in [3.63, 3.8) is 0 Å². The number of aromatic nitrogens is 2. The first-order chi connectivity index (χ1) is 9.60. The summed E-state index contributed by atoms with van der Waals surface area (Å²) in [6, 6.07) is 10.2. The minimum absolute atomic E-state index is 0.752. The largest absolute Gasteiger partial charge is 0.303 e. The Morgan fingerprint density at radius 2 is 2.05 bits per heavy atom. The Labute approximate surface area is 124 Å². The second kappa shape index (κ2) is 4.99. The van der Waals surface area contributed by atoms with Gasteiger partial charge >= 0.3 is 0 Å². The number of benzene rings is 1. The molecule has 2 aromatic heterocycles. The van der Waals surface area contributed by atoms with Crippen LogP contribution in [0.5, 0.6) is 0 Å². The molecule has 0 aliphatic rings. The summed E-state index contributed by atoms with van der Waals surface area (Å²) in [6.07, 6.45) is 3.18. The fourth-order valence-electron chi connectivity index (χ4n) is 2.49. The zero-order chi connectivity index (χ0) is 14.3. The molecule has 0 amide bonds. The van der Waals surface area contributed by atoms with Gasteiger partial charge in [0, 0.05) is 22.5 Å². The Morgan fingerprint density at radius 1 is 1.25 bits per heavy atom. The van der Waals surface area contributed by atoms with Gasteiger partial charge in [-0.15, -0.1) is 0 Å². The quantitative estimate of drug-likeness (QED) is 0.659. The molecule has 0 fully saturated rings. The van der Waals surface area contributed by atoms with Gasteiger partial charge in [0.05, 0.1) is 5.69 Å². The molecule has 0 saturated carbocycles. The highest BCUT2D eigenvalue weighted by atomic mass is 35.5. The fraction of sp³-hybridized carbons (Fsp3) is 0.188. The summed E-state index contributed by atoms with van der Waals surface area (Å²) in [6.45, 7) is 4.16. The Morgan fingerprint density at radius 3 is 2.75 bits per heavy atom. The molecular weight excluding hydrogens is 266 g/mol. The van der Waals surface area contributed by atoms with Crippen molar-refractivity contribution in [2.24, 2.45) is 0 Å². The molecule has 2 heterocycles. The fourth-order valence-corrected chi connectivity index (χ4v) is 2.68. The van der Waals surface area contributed by atoms with Crippen molar-refractivity contribution < 1.29 is 0 Å². The summed E-state index contributed by atoms with van der Waals surface area (Å²) in [5.74, 6) is 0. The van der Waals surface area contributed by atoms with Crippen LogP contribution < -0.4 is 0 Å². The minimum atomic E-state index is 0.752. The molecule has 0 N–H and O–H groups in total. The lowest BCUT2D eigenvalue weighted by atomic mass is 9.95. The topological polar surface area (TPSA) is 17.3 Å². The maximum atomic E-state index is 6.13. The van der Waals surface area contributed by atoms with Gasteiger partial charge in [-0.05, 0) is 43.2 Å². The highest BCUT2D eigenvalue weighted by Gasteiger charge is 2.12. The summed E-state index contributed by atoms with van der Waals surface area (Å²) in [4.78, 5) is 4.71. The number of fused-ring (bicyclic) bond motifs is 1. The van der Waals surface area contributed by atoms with Crippen molar-refractivity contribution in [1.29, 1.82) is 0 Å². The van der Waals surface area contributed by atoms with E-state index in [2.05, 4.69) is 44.4 Å². The summed E-state index contributed by atoms with van der Waals surface area (Å²) >= 11 is 6.13. The molecule has 0 spiro atoms. The second-order valence-corrected chi connectivity index (χ2v) is 5.54. The van der Waals surface area contributed by atoms with Crippen molar-refractivity contribution in [3.8, 4) is 11.1 Å². The standard InChI is InChI=1S/C16H16BClN2/c1-10-11(2)20-9-12(8-17)6-15(16(20)19-10)13-4-3-5-14(18)7-13/h3-7,9H,8,17H2,1-2H3. The molecule has 3 aromatic rings. The first kappa shape index (κ1) is 13.3. The maximum Gasteiger partial charge on any atom is 0.145 e. The van der Waals surface area contributed by atoms with Crippen LogP contribution in [-0.2, 0) is 6.32 Å². The van der Waals surface area contributed by atoms with Crippen LogP contribution >= 0.6 is 11.6 Å². The molecule has 100 valence electrons. The number of imidazole rings is 1. The van der Waals surface area contributed by atoms with Gasteiger partial charge in [-0.1, -0.05) is 30.1 Å². The van der Waals surface area contributed by atoms with Crippen LogP contribution in [0, 0.1) is 13.8 Å². The molecule has 0 unspecified atom stereocenters. The summed E-state index contributed by atoms with van der Waals surface area (Å²) in [5, 5.41) is 0.752. The predicted molar refractivity (Wildman–Crippen MR) is 87.4 cm³/mol. The lowest BCUT2D eigenvalue weighted by Gasteiger charge is -2.08. The molecule has 2 nitrogen and oxygen atoms in total. The number of hydrogen-bond donors (Lipinski definition) is 0. The molecule has 1 aromatic carbocycles. The lowest BCUT2D eigenvalue weighted by molar-refractivity contribution is 1.07. The summed E-state index contributed by atoms with van der Waals surface area (Å²) in [7, 11) is 2.17. The van der Waals surface area contributed by atoms with E-state index in [0.717, 1.165) is 33.8 Å². The monoisotopic (exact) mass is 282 g/mol. The van der Waals surface area contributed by atoms with Gasteiger partial charge < -0.3 is 4.40 Å². The number of pyridine rings is 1. The molecular formula is C16H16BClN2. The van der Waals surface area contributed by atoms with Crippen molar-refractivity contribution in [3.05, 3.63) is 58.5 Å². The number of nitrogens with zero attached hydrogens (tertiary/aromatic N) is 2. The van der Waals surface area contributed by atoms with Crippen LogP contribution in [-0.4, -0.2) is 17.2 Å². The van der Waals surface area contributed by atoms with E-state index in [4.69, 9.17) is 16.6 Å². The van der Waals surface area contributed by atoms with Crippen LogP contribution in [0.3, 0.4) is 0 Å². The van der Waals surface area contributed by atoms with Gasteiger partial charge in [0.25, 0.3) is 0 Å². The molecule has 0 radical (unpaired) electrons. The average molecular weight is 283 g/mol. The van der Waals surface area contributed by atoms with Gasteiger partial charge in [-0.2, -0.15) is 0 Å². The third-order valence-electron chi connectivity index (χ3n) is 3.80. The van der Waals surface area contributed by atoms with E-state index in [0.29, 0.717) is 0 Å². The Bertz CT molecular complexity index is 793. The number of hydrogen-bond acceptors (Lipinski definition) is 1. The van der Waals surface area contributed by atoms with Crippen molar-refractivity contribution in [2.75, 3.05) is 0 Å². The van der Waals surface area contributed by atoms with E-state index in [1.165, 1.54) is 11.3 Å². The van der Waals surface area contributed by atoms with Crippen LogP contribution in [0.2, 0.25) is 5.02 Å². The van der Waals surface area contributed by atoms with Crippen LogP contribution in [0.4, 0.5) is 0 Å². The van der Waals surface area contributed by atoms with Gasteiger partial charge in [0.1, 0.15) is 13.5 Å². The van der Waals surface area contributed by atoms with Crippen LogP contribution in [0.1, 0.15) is 17.0 Å². The zero-order valence-corrected chi connectivity index (χ0v) is 12.7. The predicted octanol–water partition coefficient (Wildman–Crippen LogP) is 3.40. The number of aryl methyl sites for hydroxylation is 2. The van der Waals surface area contributed by atoms with Crippen LogP contribution in [0.25, 0.3) is 16.8 Å². The van der Waals surface area contributed by atoms with E-state index in [1.54, 1.807) is 0 Å². The van der Waals surface area contributed by atoms with Crippen molar-refractivity contribution >= 4 is 25.1 Å². The molecule has 20 heavy (non-hydrogen) atoms. The van der Waals surface area contributed by atoms with Gasteiger partial charge in [0.15, 0.2) is 0 Å². The van der Waals surface area contributed by atoms with E-state index >= 15 is 0 Å². The van der Waals surface area contributed by atoms with E-state index in [9.17, 15) is 0 Å². The van der Waals surface area contributed by atoms with Gasteiger partial charge in [-0.3, -0.25) is 0 Å². The minimum Gasteiger partial charge on any atom is -0.303 e. The highest BCUT2D eigenvalue weighted by molar-refractivity contribution is 6.30. The third kappa shape index (κ3) is 2.12. The summed E-state index contributed by atoms with van der Waals surface area (Å²) < 4.78 is 2.18. The average Bonchev–Trinajstić information content (AvgIpc) is 2.73. The Kier molecular flexibility index (Phi) is 3.31. The molecule has 0 bridgehead atoms. The number of halogens is 1. The first-order valence-corrected chi connectivity index (χ1v) is 7.22. The lowest BCUT2D eigenvalue weighted by Crippen LogP contribution is -1.96. The Hall–Kier alpha value is -1.74. The van der Waals surface area contributed by atoms with Crippen LogP contribution in [0.15, 0.2) is 36.5 Å². The molecule has 3 rings (SSSR count). The normalized spacial score (nSPS) is 11.2. The summed E-state index contributed by atoms with van der Waals surface area (Å²) in [5.41, 5.74) is 6.82. The molecule has 0 aliphatic carbocycles. The maximum absolute atomic E-state index is 6.13. The van der Waals surface area contributed by atoms with E-state index in [1.807, 2.05) is 18.2 Å². The molecule has 0 atom stereocenters. The van der Waals surface area contributed by atoms with E-state index < -0.39 is 0 Å². The Balaban J connectivity index is 2.36. The molecule has 0 saturated heterocycles. The third-order valence-corrected chi connectivity index (χ3v) is 4.03.